The van der Waals surface area contributed by atoms with Crippen molar-refractivity contribution in [3.05, 3.63) is 80.9 Å². The highest BCUT2D eigenvalue weighted by atomic mass is 35.5. The smallest absolute Gasteiger partial charge is 0.306 e. The molecule has 2 rings (SSSR count). The van der Waals surface area contributed by atoms with Crippen LogP contribution in [0.25, 0.3) is 0 Å². The summed E-state index contributed by atoms with van der Waals surface area (Å²) in [4.78, 5) is 22.7. The van der Waals surface area contributed by atoms with Gasteiger partial charge in [0.25, 0.3) is 0 Å². The third-order valence-corrected chi connectivity index (χ3v) is 4.22. The molecule has 0 saturated carbocycles. The predicted molar refractivity (Wildman–Crippen MR) is 91.9 cm³/mol. The highest BCUT2D eigenvalue weighted by Crippen LogP contribution is 2.36. The summed E-state index contributed by atoms with van der Waals surface area (Å²) in [5.41, 5.74) is 1.64. The Morgan fingerprint density at radius 3 is 2.21 bits per heavy atom. The van der Waals surface area contributed by atoms with Gasteiger partial charge in [-0.05, 0) is 23.3 Å². The van der Waals surface area contributed by atoms with Gasteiger partial charge in [0.2, 0.25) is 6.54 Å². The Balaban J connectivity index is 2.44. The number of nitro groups is 1. The zero-order chi connectivity index (χ0) is 17.5. The van der Waals surface area contributed by atoms with Gasteiger partial charge in [0.05, 0.1) is 19.4 Å². The van der Waals surface area contributed by atoms with E-state index in [1.165, 1.54) is 7.11 Å². The summed E-state index contributed by atoms with van der Waals surface area (Å²) in [7, 11) is 1.31. The van der Waals surface area contributed by atoms with Crippen LogP contribution in [-0.2, 0) is 9.53 Å². The van der Waals surface area contributed by atoms with Gasteiger partial charge >= 0.3 is 5.97 Å². The van der Waals surface area contributed by atoms with Crippen molar-refractivity contribution in [1.29, 1.82) is 0 Å². The van der Waals surface area contributed by atoms with Crippen LogP contribution in [0.3, 0.4) is 0 Å². The number of halogens is 1. The Labute approximate surface area is 145 Å². The SMILES string of the molecule is COC(=O)C[C@@H](c1ccccc1)[C@H](C[N+](=O)[O-])c1ccc(Cl)cc1. The number of nitrogens with zero attached hydrogens (tertiary/aromatic N) is 1. The Morgan fingerprint density at radius 1 is 1.08 bits per heavy atom. The zero-order valence-electron chi connectivity index (χ0n) is 13.2. The summed E-state index contributed by atoms with van der Waals surface area (Å²) in [5, 5.41) is 11.8. The van der Waals surface area contributed by atoms with E-state index in [9.17, 15) is 14.9 Å². The van der Waals surface area contributed by atoms with Crippen LogP contribution in [0, 0.1) is 10.1 Å². The molecule has 0 aliphatic rings. The standard InChI is InChI=1S/C18H18ClNO4/c1-24-18(21)11-16(13-5-3-2-4-6-13)17(12-20(22)23)14-7-9-15(19)10-8-14/h2-10,16-17H,11-12H2,1H3/t16-,17+/m0/s1. The first kappa shape index (κ1) is 17.9. The normalized spacial score (nSPS) is 13.1. The molecule has 0 heterocycles. The lowest BCUT2D eigenvalue weighted by Crippen LogP contribution is -2.23. The van der Waals surface area contributed by atoms with E-state index in [0.717, 1.165) is 11.1 Å². The predicted octanol–water partition coefficient (Wildman–Crippen LogP) is 4.05. The summed E-state index contributed by atoms with van der Waals surface area (Å²) >= 11 is 5.92. The van der Waals surface area contributed by atoms with E-state index in [1.54, 1.807) is 24.3 Å². The molecule has 5 nitrogen and oxygen atoms in total. The minimum atomic E-state index is -0.459. The van der Waals surface area contributed by atoms with Gasteiger partial charge in [-0.1, -0.05) is 54.1 Å². The van der Waals surface area contributed by atoms with Crippen molar-refractivity contribution < 1.29 is 14.5 Å². The van der Waals surface area contributed by atoms with E-state index in [1.807, 2.05) is 30.3 Å². The van der Waals surface area contributed by atoms with E-state index in [0.29, 0.717) is 5.02 Å². The van der Waals surface area contributed by atoms with E-state index >= 15 is 0 Å². The van der Waals surface area contributed by atoms with Crippen molar-refractivity contribution in [3.8, 4) is 0 Å². The summed E-state index contributed by atoms with van der Waals surface area (Å²) in [6.07, 6.45) is 0.0711. The maximum Gasteiger partial charge on any atom is 0.306 e. The molecule has 0 unspecified atom stereocenters. The third-order valence-electron chi connectivity index (χ3n) is 3.97. The summed E-state index contributed by atoms with van der Waals surface area (Å²) in [6, 6.07) is 16.2. The maximum atomic E-state index is 11.9. The third kappa shape index (κ3) is 4.80. The van der Waals surface area contributed by atoms with Gasteiger partial charge in [-0.25, -0.2) is 0 Å². The number of carbonyl (C=O) groups is 1. The van der Waals surface area contributed by atoms with Crippen LogP contribution in [0.15, 0.2) is 54.6 Å². The minimum absolute atomic E-state index is 0.0711. The number of benzene rings is 2. The average molecular weight is 348 g/mol. The molecule has 126 valence electrons. The fourth-order valence-electron chi connectivity index (χ4n) is 2.79. The number of rotatable bonds is 7. The van der Waals surface area contributed by atoms with Gasteiger partial charge in [0, 0.05) is 15.9 Å². The van der Waals surface area contributed by atoms with Crippen molar-refractivity contribution >= 4 is 17.6 Å². The van der Waals surface area contributed by atoms with Gasteiger partial charge in [0.15, 0.2) is 0 Å². The molecule has 6 heteroatoms. The second kappa shape index (κ2) is 8.45. The van der Waals surface area contributed by atoms with Crippen LogP contribution in [0.5, 0.6) is 0 Å². The zero-order valence-corrected chi connectivity index (χ0v) is 14.0. The number of hydrogen-bond acceptors (Lipinski definition) is 4. The van der Waals surface area contributed by atoms with Crippen molar-refractivity contribution in [3.63, 3.8) is 0 Å². The monoisotopic (exact) mass is 347 g/mol. The second-order valence-corrected chi connectivity index (χ2v) is 5.91. The van der Waals surface area contributed by atoms with Gasteiger partial charge in [-0.3, -0.25) is 14.9 Å². The number of esters is 1. The molecular weight excluding hydrogens is 330 g/mol. The van der Waals surface area contributed by atoms with E-state index in [4.69, 9.17) is 16.3 Å². The number of methoxy groups -OCH3 is 1. The summed E-state index contributed by atoms with van der Waals surface area (Å²) in [6.45, 7) is -0.280. The van der Waals surface area contributed by atoms with Crippen molar-refractivity contribution in [2.45, 2.75) is 18.3 Å². The molecule has 0 aromatic heterocycles. The quantitative estimate of drug-likeness (QED) is 0.430. The Hall–Kier alpha value is -2.40. The first-order valence-corrected chi connectivity index (χ1v) is 7.88. The number of ether oxygens (including phenoxy) is 1. The maximum absolute atomic E-state index is 11.9. The van der Waals surface area contributed by atoms with E-state index in [2.05, 4.69) is 0 Å². The van der Waals surface area contributed by atoms with Crippen LogP contribution in [-0.4, -0.2) is 24.5 Å². The van der Waals surface area contributed by atoms with Gasteiger partial charge in [-0.2, -0.15) is 0 Å². The van der Waals surface area contributed by atoms with E-state index < -0.39 is 11.9 Å². The molecule has 2 aromatic rings. The van der Waals surface area contributed by atoms with Crippen LogP contribution < -0.4 is 0 Å². The lowest BCUT2D eigenvalue weighted by Gasteiger charge is -2.24. The van der Waals surface area contributed by atoms with Crippen LogP contribution in [0.1, 0.15) is 29.4 Å². The highest BCUT2D eigenvalue weighted by Gasteiger charge is 2.31. The molecule has 2 atom stereocenters. The number of hydrogen-bond donors (Lipinski definition) is 0. The first-order chi connectivity index (χ1) is 11.5. The number of carbonyl (C=O) groups excluding carboxylic acids is 1. The van der Waals surface area contributed by atoms with Crippen molar-refractivity contribution in [1.82, 2.24) is 0 Å². The molecule has 0 spiro atoms. The first-order valence-electron chi connectivity index (χ1n) is 7.50. The Kier molecular flexibility index (Phi) is 6.32. The molecule has 0 N–H and O–H groups in total. The van der Waals surface area contributed by atoms with Crippen LogP contribution in [0.2, 0.25) is 5.02 Å². The van der Waals surface area contributed by atoms with Gasteiger partial charge < -0.3 is 4.74 Å². The molecule has 0 aliphatic carbocycles. The lowest BCUT2D eigenvalue weighted by atomic mass is 9.79. The minimum Gasteiger partial charge on any atom is -0.469 e. The highest BCUT2D eigenvalue weighted by molar-refractivity contribution is 6.30. The summed E-state index contributed by atoms with van der Waals surface area (Å²) < 4.78 is 4.78. The van der Waals surface area contributed by atoms with Gasteiger partial charge in [-0.15, -0.1) is 0 Å². The molecule has 0 fully saturated rings. The molecule has 0 amide bonds. The summed E-state index contributed by atoms with van der Waals surface area (Å²) in [5.74, 6) is -1.21. The topological polar surface area (TPSA) is 69.4 Å². The molecule has 24 heavy (non-hydrogen) atoms. The van der Waals surface area contributed by atoms with Crippen molar-refractivity contribution in [2.75, 3.05) is 13.7 Å². The lowest BCUT2D eigenvalue weighted by molar-refractivity contribution is -0.484. The molecule has 0 aliphatic heterocycles. The van der Waals surface area contributed by atoms with Crippen LogP contribution >= 0.6 is 11.6 Å². The fraction of sp³-hybridized carbons (Fsp3) is 0.278. The Morgan fingerprint density at radius 2 is 1.67 bits per heavy atom. The fourth-order valence-corrected chi connectivity index (χ4v) is 2.92. The van der Waals surface area contributed by atoms with Gasteiger partial charge in [0.1, 0.15) is 0 Å². The van der Waals surface area contributed by atoms with Crippen LogP contribution in [0.4, 0.5) is 0 Å². The average Bonchev–Trinajstić information content (AvgIpc) is 2.59. The molecule has 0 saturated heterocycles. The van der Waals surface area contributed by atoms with Crippen molar-refractivity contribution in [2.24, 2.45) is 0 Å². The molecular formula is C18H18ClNO4. The Bertz CT molecular complexity index is 688. The van der Waals surface area contributed by atoms with E-state index in [-0.39, 0.29) is 23.8 Å². The molecule has 0 bridgehead atoms. The molecule has 2 aromatic carbocycles. The molecule has 0 radical (unpaired) electrons. The second-order valence-electron chi connectivity index (χ2n) is 5.47. The largest absolute Gasteiger partial charge is 0.469 e.